The Morgan fingerprint density at radius 2 is 1.79 bits per heavy atom. The van der Waals surface area contributed by atoms with E-state index in [0.717, 1.165) is 18.4 Å². The number of nitrogens with one attached hydrogen (secondary N) is 1. The first-order valence-corrected chi connectivity index (χ1v) is 10.5. The lowest BCUT2D eigenvalue weighted by molar-refractivity contribution is -0.145. The molecule has 0 bridgehead atoms. The largest absolute Gasteiger partial charge is 0.461 e. The van der Waals surface area contributed by atoms with E-state index >= 15 is 0 Å². The lowest BCUT2D eigenvalue weighted by Gasteiger charge is -2.05. The Morgan fingerprint density at radius 1 is 1.04 bits per heavy atom. The predicted molar refractivity (Wildman–Crippen MR) is 103 cm³/mol. The Labute approximate surface area is 163 Å². The second-order valence-electron chi connectivity index (χ2n) is 6.43. The number of unbranched alkanes of at least 4 members (excludes halogenated alkanes) is 2. The van der Waals surface area contributed by atoms with Gasteiger partial charge in [-0.15, -0.1) is 0 Å². The summed E-state index contributed by atoms with van der Waals surface area (Å²) in [5.41, 5.74) is 1.33. The first-order valence-electron chi connectivity index (χ1n) is 9.02. The Kier molecular flexibility index (Phi) is 6.41. The molecule has 8 heteroatoms. The molecule has 0 amide bonds. The van der Waals surface area contributed by atoms with Gasteiger partial charge in [-0.1, -0.05) is 30.7 Å². The van der Waals surface area contributed by atoms with E-state index in [1.165, 1.54) is 12.1 Å². The number of carbonyl (C=O) groups excluding carboxylic acids is 1. The summed E-state index contributed by atoms with van der Waals surface area (Å²) < 4.78 is 44.4. The summed E-state index contributed by atoms with van der Waals surface area (Å²) in [6.07, 6.45) is 2.47. The van der Waals surface area contributed by atoms with Gasteiger partial charge in [0.05, 0.1) is 4.90 Å². The van der Waals surface area contributed by atoms with Crippen molar-refractivity contribution in [2.45, 2.75) is 37.2 Å². The highest BCUT2D eigenvalue weighted by atomic mass is 32.2. The summed E-state index contributed by atoms with van der Waals surface area (Å²) in [5, 5.41) is 0. The van der Waals surface area contributed by atoms with Crippen LogP contribution in [0.15, 0.2) is 58.4 Å². The molecule has 0 aliphatic carbocycles. The molecule has 0 saturated carbocycles. The van der Waals surface area contributed by atoms with Gasteiger partial charge >= 0.3 is 5.97 Å². The molecule has 0 saturated heterocycles. The van der Waals surface area contributed by atoms with Crippen LogP contribution in [0.5, 0.6) is 0 Å². The summed E-state index contributed by atoms with van der Waals surface area (Å²) in [5.74, 6) is -0.255. The molecule has 2 aromatic carbocycles. The van der Waals surface area contributed by atoms with Crippen molar-refractivity contribution >= 4 is 21.8 Å². The number of esters is 1. The minimum Gasteiger partial charge on any atom is -0.461 e. The molecule has 28 heavy (non-hydrogen) atoms. The molecule has 1 aliphatic heterocycles. The number of hydrogen-bond donors (Lipinski definition) is 1. The quantitative estimate of drug-likeness (QED) is 0.541. The van der Waals surface area contributed by atoms with E-state index < -0.39 is 10.0 Å². The Bertz CT molecular complexity index is 972. The van der Waals surface area contributed by atoms with Gasteiger partial charge in [0.25, 0.3) is 10.0 Å². The average Bonchev–Trinajstić information content (AvgIpc) is 2.95. The normalized spacial score (nSPS) is 15.8. The number of carbonyl (C=O) groups is 1. The number of fused-ring (bicyclic) bond motifs is 1. The molecule has 0 spiro atoms. The molecule has 0 aromatic heterocycles. The number of hydrogen-bond acceptors (Lipinski definition) is 5. The van der Waals surface area contributed by atoms with Crippen molar-refractivity contribution in [1.29, 1.82) is 0 Å². The molecule has 3 rings (SSSR count). The Morgan fingerprint density at radius 3 is 2.57 bits per heavy atom. The number of benzene rings is 2. The van der Waals surface area contributed by atoms with Gasteiger partial charge < -0.3 is 4.74 Å². The third kappa shape index (κ3) is 5.16. The molecule has 1 N–H and O–H groups in total. The number of sulfonamides is 1. The van der Waals surface area contributed by atoms with E-state index in [9.17, 15) is 17.6 Å². The standard InChI is InChI=1S/C20H21FN2O4S/c21-16-11-9-15(10-12-16)14-27-19(24)8-2-1-5-13-22-20-17-6-3-4-7-18(17)28(25,26)23-20/h3-4,6-7,9-12H,1-2,5,8,13-14H2,(H,22,23). The van der Waals surface area contributed by atoms with Gasteiger partial charge in [-0.2, -0.15) is 0 Å². The summed E-state index contributed by atoms with van der Waals surface area (Å²) >= 11 is 0. The molecule has 6 nitrogen and oxygen atoms in total. The summed E-state index contributed by atoms with van der Waals surface area (Å²) in [6, 6.07) is 12.5. The van der Waals surface area contributed by atoms with Crippen molar-refractivity contribution in [2.75, 3.05) is 6.54 Å². The SMILES string of the molecule is O=C(CCCCCN=C1NS(=O)(=O)c2ccccc21)OCc1ccc(F)cc1. The van der Waals surface area contributed by atoms with Crippen molar-refractivity contribution < 1.29 is 22.3 Å². The van der Waals surface area contributed by atoms with Crippen molar-refractivity contribution in [3.63, 3.8) is 0 Å². The first-order chi connectivity index (χ1) is 13.5. The zero-order valence-corrected chi connectivity index (χ0v) is 16.0. The van der Waals surface area contributed by atoms with E-state index in [1.54, 1.807) is 36.4 Å². The van der Waals surface area contributed by atoms with Gasteiger partial charge in [0.1, 0.15) is 18.3 Å². The van der Waals surface area contributed by atoms with E-state index in [-0.39, 0.29) is 23.3 Å². The van der Waals surface area contributed by atoms with Crippen LogP contribution in [0.4, 0.5) is 4.39 Å². The lowest BCUT2D eigenvalue weighted by Crippen LogP contribution is -2.22. The summed E-state index contributed by atoms with van der Waals surface area (Å²) in [6.45, 7) is 0.600. The lowest BCUT2D eigenvalue weighted by atomic mass is 10.2. The van der Waals surface area contributed by atoms with Gasteiger partial charge in [-0.25, -0.2) is 12.8 Å². The van der Waals surface area contributed by atoms with Crippen LogP contribution in [0.25, 0.3) is 0 Å². The molecule has 1 aliphatic rings. The molecule has 0 fully saturated rings. The Balaban J connectivity index is 1.36. The van der Waals surface area contributed by atoms with Crippen molar-refractivity contribution in [1.82, 2.24) is 4.72 Å². The topological polar surface area (TPSA) is 84.8 Å². The zero-order chi connectivity index (χ0) is 20.0. The Hall–Kier alpha value is -2.74. The highest BCUT2D eigenvalue weighted by Crippen LogP contribution is 2.22. The van der Waals surface area contributed by atoms with Crippen molar-refractivity contribution in [3.05, 3.63) is 65.5 Å². The third-order valence-corrected chi connectivity index (χ3v) is 5.68. The predicted octanol–water partition coefficient (Wildman–Crippen LogP) is 3.17. The zero-order valence-electron chi connectivity index (χ0n) is 15.2. The minimum atomic E-state index is -3.51. The van der Waals surface area contributed by atoms with Crippen LogP contribution in [0.1, 0.15) is 36.8 Å². The smallest absolute Gasteiger partial charge is 0.306 e. The van der Waals surface area contributed by atoms with E-state index in [0.29, 0.717) is 30.8 Å². The van der Waals surface area contributed by atoms with E-state index in [1.807, 2.05) is 0 Å². The minimum absolute atomic E-state index is 0.131. The molecule has 1 heterocycles. The van der Waals surface area contributed by atoms with Crippen LogP contribution in [0.3, 0.4) is 0 Å². The van der Waals surface area contributed by atoms with Crippen molar-refractivity contribution in [2.24, 2.45) is 4.99 Å². The highest BCUT2D eigenvalue weighted by molar-refractivity contribution is 7.90. The van der Waals surface area contributed by atoms with Crippen LogP contribution in [-0.4, -0.2) is 26.8 Å². The molecular formula is C20H21FN2O4S. The molecule has 0 unspecified atom stereocenters. The number of nitrogens with zero attached hydrogens (tertiary/aromatic N) is 1. The van der Waals surface area contributed by atoms with Gasteiger partial charge in [-0.05, 0) is 42.7 Å². The van der Waals surface area contributed by atoms with Crippen LogP contribution in [-0.2, 0) is 26.2 Å². The highest BCUT2D eigenvalue weighted by Gasteiger charge is 2.29. The van der Waals surface area contributed by atoms with Crippen LogP contribution < -0.4 is 4.72 Å². The molecular weight excluding hydrogens is 383 g/mol. The molecule has 0 radical (unpaired) electrons. The maximum absolute atomic E-state index is 12.8. The monoisotopic (exact) mass is 404 g/mol. The van der Waals surface area contributed by atoms with Crippen molar-refractivity contribution in [3.8, 4) is 0 Å². The average molecular weight is 404 g/mol. The fraction of sp³-hybridized carbons (Fsp3) is 0.300. The molecule has 2 aromatic rings. The van der Waals surface area contributed by atoms with Gasteiger partial charge in [0, 0.05) is 18.5 Å². The molecule has 0 atom stereocenters. The van der Waals surface area contributed by atoms with Gasteiger partial charge in [-0.3, -0.25) is 14.5 Å². The van der Waals surface area contributed by atoms with E-state index in [4.69, 9.17) is 4.74 Å². The summed E-state index contributed by atoms with van der Waals surface area (Å²) in [7, 11) is -3.51. The number of halogens is 1. The van der Waals surface area contributed by atoms with Crippen LogP contribution in [0, 0.1) is 5.82 Å². The fourth-order valence-corrected chi connectivity index (χ4v) is 4.07. The second kappa shape index (κ2) is 8.97. The molecule has 148 valence electrons. The summed E-state index contributed by atoms with van der Waals surface area (Å²) in [4.78, 5) is 16.3. The third-order valence-electron chi connectivity index (χ3n) is 4.28. The van der Waals surface area contributed by atoms with Crippen LogP contribution >= 0.6 is 0 Å². The number of rotatable bonds is 8. The number of ether oxygens (including phenoxy) is 1. The fourth-order valence-electron chi connectivity index (χ4n) is 2.82. The number of aliphatic imine (C=N–C) groups is 1. The van der Waals surface area contributed by atoms with Gasteiger partial charge in [0.2, 0.25) is 0 Å². The second-order valence-corrected chi connectivity index (χ2v) is 8.08. The van der Waals surface area contributed by atoms with Crippen LogP contribution in [0.2, 0.25) is 0 Å². The first kappa shape index (κ1) is 20.0. The van der Waals surface area contributed by atoms with E-state index in [2.05, 4.69) is 9.71 Å². The number of amidine groups is 1. The van der Waals surface area contributed by atoms with Gasteiger partial charge in [0.15, 0.2) is 0 Å². The maximum atomic E-state index is 12.8. The maximum Gasteiger partial charge on any atom is 0.306 e.